The van der Waals surface area contributed by atoms with Crippen molar-refractivity contribution in [2.45, 2.75) is 11.8 Å². The van der Waals surface area contributed by atoms with E-state index in [1.807, 2.05) is 0 Å². The number of nitrogens with two attached hydrogens (primary N) is 2. The van der Waals surface area contributed by atoms with Crippen LogP contribution in [0.1, 0.15) is 17.2 Å². The van der Waals surface area contributed by atoms with E-state index < -0.39 is 35.3 Å². The normalized spacial score (nSPS) is 14.3. The number of rotatable bonds is 5. The molecule has 2 rings (SSSR count). The molecule has 8 heteroatoms. The first-order chi connectivity index (χ1) is 11.8. The van der Waals surface area contributed by atoms with E-state index in [0.717, 1.165) is 31.4 Å². The third kappa shape index (κ3) is 3.98. The van der Waals surface area contributed by atoms with Gasteiger partial charge < -0.3 is 15.2 Å². The largest absolute Gasteiger partial charge is 0.465 e. The molecule has 0 fully saturated rings. The van der Waals surface area contributed by atoms with Crippen LogP contribution in [-0.4, -0.2) is 19.0 Å². The fourth-order valence-corrected chi connectivity index (χ4v) is 2.10. The molecule has 0 radical (unpaired) electrons. The number of halogens is 2. The Morgan fingerprint density at radius 3 is 1.96 bits per heavy atom. The van der Waals surface area contributed by atoms with Gasteiger partial charge >= 0.3 is 11.9 Å². The molecule has 0 heterocycles. The lowest BCUT2D eigenvalue weighted by atomic mass is 10.0. The molecule has 2 aromatic rings. The molecular formula is C17H16F2N2O4. The molecule has 0 saturated carbocycles. The van der Waals surface area contributed by atoms with Crippen LogP contribution in [0.25, 0.3) is 0 Å². The monoisotopic (exact) mass is 350 g/mol. The standard InChI is InChI=1S/C17H16F2N2O4/c1-24-16(23)17(21,11-4-8-13(19)9-5-11)25-15(22)14(20)10-2-6-12(18)7-3-10/h2-9,14H,20-21H2,1H3. The number of carbonyl (C=O) groups excluding carboxylic acids is 2. The molecule has 4 N–H and O–H groups in total. The molecule has 0 saturated heterocycles. The van der Waals surface area contributed by atoms with Crippen LogP contribution < -0.4 is 11.5 Å². The second-order valence-corrected chi connectivity index (χ2v) is 5.18. The molecule has 0 aromatic heterocycles. The van der Waals surface area contributed by atoms with Crippen molar-refractivity contribution in [2.24, 2.45) is 11.5 Å². The van der Waals surface area contributed by atoms with Gasteiger partial charge in [0, 0.05) is 5.56 Å². The summed E-state index contributed by atoms with van der Waals surface area (Å²) in [6.07, 6.45) is 0. The minimum absolute atomic E-state index is 0.000376. The van der Waals surface area contributed by atoms with Crippen LogP contribution in [0.3, 0.4) is 0 Å². The molecule has 0 spiro atoms. The van der Waals surface area contributed by atoms with Gasteiger partial charge in [-0.3, -0.25) is 5.73 Å². The third-order valence-corrected chi connectivity index (χ3v) is 3.51. The molecule has 0 amide bonds. The fourth-order valence-electron chi connectivity index (χ4n) is 2.10. The maximum Gasteiger partial charge on any atom is 0.371 e. The van der Waals surface area contributed by atoms with E-state index in [4.69, 9.17) is 16.2 Å². The van der Waals surface area contributed by atoms with E-state index in [1.54, 1.807) is 0 Å². The Hall–Kier alpha value is -2.84. The summed E-state index contributed by atoms with van der Waals surface area (Å²) < 4.78 is 35.7. The van der Waals surface area contributed by atoms with Gasteiger partial charge in [-0.15, -0.1) is 0 Å². The summed E-state index contributed by atoms with van der Waals surface area (Å²) in [5.41, 5.74) is 9.64. The average Bonchev–Trinajstić information content (AvgIpc) is 2.61. The summed E-state index contributed by atoms with van der Waals surface area (Å²) >= 11 is 0. The summed E-state index contributed by atoms with van der Waals surface area (Å²) in [5.74, 6) is -3.17. The first-order valence-corrected chi connectivity index (χ1v) is 7.15. The van der Waals surface area contributed by atoms with E-state index in [-0.39, 0.29) is 11.1 Å². The second-order valence-electron chi connectivity index (χ2n) is 5.18. The van der Waals surface area contributed by atoms with Crippen molar-refractivity contribution in [3.63, 3.8) is 0 Å². The van der Waals surface area contributed by atoms with E-state index in [0.29, 0.717) is 0 Å². The van der Waals surface area contributed by atoms with Gasteiger partial charge in [-0.2, -0.15) is 0 Å². The summed E-state index contributed by atoms with van der Waals surface area (Å²) in [6.45, 7) is 0. The highest BCUT2D eigenvalue weighted by atomic mass is 19.1. The highest BCUT2D eigenvalue weighted by Crippen LogP contribution is 2.25. The van der Waals surface area contributed by atoms with Crippen LogP contribution in [0, 0.1) is 11.6 Å². The lowest BCUT2D eigenvalue weighted by molar-refractivity contribution is -0.183. The van der Waals surface area contributed by atoms with Gasteiger partial charge in [0.15, 0.2) is 0 Å². The first-order valence-electron chi connectivity index (χ1n) is 7.15. The van der Waals surface area contributed by atoms with Crippen LogP contribution in [0.2, 0.25) is 0 Å². The maximum atomic E-state index is 13.1. The van der Waals surface area contributed by atoms with Crippen molar-refractivity contribution < 1.29 is 27.8 Å². The topological polar surface area (TPSA) is 105 Å². The van der Waals surface area contributed by atoms with Gasteiger partial charge in [-0.25, -0.2) is 18.4 Å². The van der Waals surface area contributed by atoms with Gasteiger partial charge in [0.05, 0.1) is 7.11 Å². The Balaban J connectivity index is 2.30. The zero-order valence-electron chi connectivity index (χ0n) is 13.2. The lowest BCUT2D eigenvalue weighted by Crippen LogP contribution is -2.50. The van der Waals surface area contributed by atoms with Crippen LogP contribution in [0.15, 0.2) is 48.5 Å². The fraction of sp³-hybridized carbons (Fsp3) is 0.176. The van der Waals surface area contributed by atoms with Gasteiger partial charge in [-0.1, -0.05) is 24.3 Å². The highest BCUT2D eigenvalue weighted by molar-refractivity contribution is 5.86. The molecule has 132 valence electrons. The molecule has 0 aliphatic rings. The number of hydrogen-bond donors (Lipinski definition) is 2. The quantitative estimate of drug-likeness (QED) is 0.625. The summed E-state index contributed by atoms with van der Waals surface area (Å²) in [6, 6.07) is 8.00. The third-order valence-electron chi connectivity index (χ3n) is 3.51. The van der Waals surface area contributed by atoms with Crippen molar-refractivity contribution >= 4 is 11.9 Å². The first kappa shape index (κ1) is 18.5. The summed E-state index contributed by atoms with van der Waals surface area (Å²) in [7, 11) is 1.06. The second kappa shape index (κ2) is 7.37. The van der Waals surface area contributed by atoms with Gasteiger partial charge in [-0.05, 0) is 29.8 Å². The Kier molecular flexibility index (Phi) is 5.45. The van der Waals surface area contributed by atoms with E-state index >= 15 is 0 Å². The zero-order valence-corrected chi connectivity index (χ0v) is 13.2. The smallest absolute Gasteiger partial charge is 0.371 e. The van der Waals surface area contributed by atoms with Crippen LogP contribution in [0.4, 0.5) is 8.78 Å². The van der Waals surface area contributed by atoms with Crippen molar-refractivity contribution in [3.05, 3.63) is 71.3 Å². The molecular weight excluding hydrogens is 334 g/mol. The SMILES string of the molecule is COC(=O)C(N)(OC(=O)C(N)c1ccc(F)cc1)c1ccc(F)cc1. The van der Waals surface area contributed by atoms with E-state index in [2.05, 4.69) is 4.74 Å². The van der Waals surface area contributed by atoms with E-state index in [1.165, 1.54) is 24.3 Å². The maximum absolute atomic E-state index is 13.1. The van der Waals surface area contributed by atoms with Crippen molar-refractivity contribution in [2.75, 3.05) is 7.11 Å². The summed E-state index contributed by atoms with van der Waals surface area (Å²) in [4.78, 5) is 24.4. The summed E-state index contributed by atoms with van der Waals surface area (Å²) in [5, 5.41) is 0. The van der Waals surface area contributed by atoms with Crippen LogP contribution in [-0.2, 0) is 24.8 Å². The molecule has 2 aromatic carbocycles. The molecule has 0 aliphatic carbocycles. The number of benzene rings is 2. The Morgan fingerprint density at radius 1 is 1.00 bits per heavy atom. The van der Waals surface area contributed by atoms with Crippen LogP contribution >= 0.6 is 0 Å². The zero-order chi connectivity index (χ0) is 18.6. The molecule has 6 nitrogen and oxygen atoms in total. The predicted octanol–water partition coefficient (Wildman–Crippen LogP) is 1.49. The minimum Gasteiger partial charge on any atom is -0.465 e. The molecule has 25 heavy (non-hydrogen) atoms. The molecule has 2 atom stereocenters. The van der Waals surface area contributed by atoms with E-state index in [9.17, 15) is 18.4 Å². The lowest BCUT2D eigenvalue weighted by Gasteiger charge is -2.28. The predicted molar refractivity (Wildman–Crippen MR) is 83.7 cm³/mol. The van der Waals surface area contributed by atoms with Gasteiger partial charge in [0.2, 0.25) is 0 Å². The Morgan fingerprint density at radius 2 is 1.48 bits per heavy atom. The van der Waals surface area contributed by atoms with Crippen LogP contribution in [0.5, 0.6) is 0 Å². The number of esters is 2. The van der Waals surface area contributed by atoms with Crippen molar-refractivity contribution in [1.82, 2.24) is 0 Å². The minimum atomic E-state index is -2.31. The van der Waals surface area contributed by atoms with Crippen molar-refractivity contribution in [3.8, 4) is 0 Å². The Bertz CT molecular complexity index is 765. The number of hydrogen-bond acceptors (Lipinski definition) is 6. The number of ether oxygens (including phenoxy) is 2. The number of carbonyl (C=O) groups is 2. The molecule has 0 aliphatic heterocycles. The molecule has 2 unspecified atom stereocenters. The van der Waals surface area contributed by atoms with Gasteiger partial charge in [0.25, 0.3) is 5.72 Å². The average molecular weight is 350 g/mol. The highest BCUT2D eigenvalue weighted by Gasteiger charge is 2.43. The Labute approximate surface area is 142 Å². The number of methoxy groups -OCH3 is 1. The van der Waals surface area contributed by atoms with Gasteiger partial charge in [0.1, 0.15) is 17.7 Å². The molecule has 0 bridgehead atoms. The van der Waals surface area contributed by atoms with Crippen molar-refractivity contribution in [1.29, 1.82) is 0 Å².